The molecule has 188 valence electrons. The van der Waals surface area contributed by atoms with Crippen molar-refractivity contribution in [3.8, 4) is 11.1 Å². The summed E-state index contributed by atoms with van der Waals surface area (Å²) in [6.07, 6.45) is -8.66. The maximum atomic E-state index is 15.2. The number of rotatable bonds is 4. The fraction of sp³-hybridized carbons (Fsp3) is 0.227. The van der Waals surface area contributed by atoms with Crippen molar-refractivity contribution >= 4 is 22.6 Å². The van der Waals surface area contributed by atoms with E-state index in [1.165, 1.54) is 24.5 Å². The highest BCUT2D eigenvalue weighted by Crippen LogP contribution is 2.49. The number of nitrogens with one attached hydrogen (secondary N) is 1. The summed E-state index contributed by atoms with van der Waals surface area (Å²) in [5.74, 6) is -5.43. The Balaban J connectivity index is 1.57. The molecule has 0 saturated carbocycles. The number of hydrogen-bond acceptors (Lipinski definition) is 3. The van der Waals surface area contributed by atoms with Crippen LogP contribution in [0.3, 0.4) is 0 Å². The Morgan fingerprint density at radius 3 is 2.28 bits per heavy atom. The van der Waals surface area contributed by atoms with Gasteiger partial charge in [0.25, 0.3) is 0 Å². The molecule has 2 aromatic carbocycles. The van der Waals surface area contributed by atoms with Gasteiger partial charge in [0, 0.05) is 23.0 Å². The number of hydrogen-bond donors (Lipinski definition) is 1. The van der Waals surface area contributed by atoms with Crippen molar-refractivity contribution in [3.05, 3.63) is 66.3 Å². The molecule has 5 rings (SSSR count). The largest absolute Gasteiger partial charge is 0.504 e. The Labute approximate surface area is 196 Å². The topological polar surface area (TPSA) is 66.8 Å². The molecule has 1 N–H and O–H groups in total. The fourth-order valence-electron chi connectivity index (χ4n) is 4.33. The summed E-state index contributed by atoms with van der Waals surface area (Å²) in [6.45, 7) is 0. The first-order chi connectivity index (χ1) is 16.8. The Morgan fingerprint density at radius 1 is 0.972 bits per heavy atom. The number of nitrogens with zero attached hydrogens (tertiary/aromatic N) is 4. The SMILES string of the molecule is O=C1C(CC(F)(F)F)C(c2c(F)cc(-c3cnn(C(F)(F)F)c3)cc2F)N1c1ccc2[nH]cnc2c1. The summed E-state index contributed by atoms with van der Waals surface area (Å²) in [7, 11) is 0. The Hall–Kier alpha value is -3.97. The highest BCUT2D eigenvalue weighted by molar-refractivity contribution is 6.04. The van der Waals surface area contributed by atoms with Gasteiger partial charge in [0.05, 0.1) is 41.9 Å². The van der Waals surface area contributed by atoms with Crippen LogP contribution in [0.2, 0.25) is 0 Å². The number of fused-ring (bicyclic) bond motifs is 1. The van der Waals surface area contributed by atoms with E-state index in [9.17, 15) is 31.1 Å². The van der Waals surface area contributed by atoms with Crippen LogP contribution in [0.4, 0.5) is 40.8 Å². The second-order valence-electron chi connectivity index (χ2n) is 8.18. The number of benzene rings is 2. The van der Waals surface area contributed by atoms with Crippen LogP contribution in [0.25, 0.3) is 22.2 Å². The average Bonchev–Trinajstić information content (AvgIpc) is 3.45. The molecule has 0 aliphatic carbocycles. The van der Waals surface area contributed by atoms with Gasteiger partial charge in [-0.05, 0) is 35.9 Å². The van der Waals surface area contributed by atoms with Gasteiger partial charge in [-0.3, -0.25) is 4.79 Å². The van der Waals surface area contributed by atoms with Crippen LogP contribution in [0, 0.1) is 17.6 Å². The molecular formula is C22H13F8N5O. The lowest BCUT2D eigenvalue weighted by atomic mass is 9.78. The highest BCUT2D eigenvalue weighted by atomic mass is 19.4. The molecule has 1 saturated heterocycles. The summed E-state index contributed by atoms with van der Waals surface area (Å²) in [4.78, 5) is 20.4. The van der Waals surface area contributed by atoms with E-state index in [0.29, 0.717) is 29.4 Å². The van der Waals surface area contributed by atoms with Gasteiger partial charge in [-0.2, -0.15) is 23.0 Å². The molecule has 6 nitrogen and oxygen atoms in total. The Kier molecular flexibility index (Phi) is 5.30. The number of carbonyl (C=O) groups is 1. The first-order valence-corrected chi connectivity index (χ1v) is 10.3. The number of H-pyrrole nitrogens is 1. The number of carbonyl (C=O) groups excluding carboxylic acids is 1. The molecule has 36 heavy (non-hydrogen) atoms. The number of aromatic nitrogens is 4. The number of halogens is 8. The van der Waals surface area contributed by atoms with E-state index in [1.807, 2.05) is 0 Å². The minimum Gasteiger partial charge on any atom is -0.345 e. The van der Waals surface area contributed by atoms with E-state index in [-0.39, 0.29) is 21.5 Å². The lowest BCUT2D eigenvalue weighted by Gasteiger charge is -2.47. The fourth-order valence-corrected chi connectivity index (χ4v) is 4.33. The number of imidazole rings is 1. The van der Waals surface area contributed by atoms with Gasteiger partial charge < -0.3 is 9.88 Å². The van der Waals surface area contributed by atoms with E-state index >= 15 is 8.78 Å². The molecule has 0 bridgehead atoms. The zero-order chi connectivity index (χ0) is 26.0. The number of anilines is 1. The predicted molar refractivity (Wildman–Crippen MR) is 109 cm³/mol. The lowest BCUT2D eigenvalue weighted by Crippen LogP contribution is -2.57. The summed E-state index contributed by atoms with van der Waals surface area (Å²) < 4.78 is 108. The molecule has 14 heteroatoms. The van der Waals surface area contributed by atoms with Crippen molar-refractivity contribution in [3.63, 3.8) is 0 Å². The zero-order valence-electron chi connectivity index (χ0n) is 17.7. The molecule has 2 unspecified atom stereocenters. The van der Waals surface area contributed by atoms with Crippen LogP contribution >= 0.6 is 0 Å². The molecule has 1 amide bonds. The average molecular weight is 515 g/mol. The van der Waals surface area contributed by atoms with Crippen LogP contribution in [-0.2, 0) is 11.1 Å². The molecule has 2 atom stereocenters. The van der Waals surface area contributed by atoms with Gasteiger partial charge in [0.2, 0.25) is 5.91 Å². The quantitative estimate of drug-likeness (QED) is 0.275. The maximum Gasteiger partial charge on any atom is 0.504 e. The lowest BCUT2D eigenvalue weighted by molar-refractivity contribution is -0.212. The summed E-state index contributed by atoms with van der Waals surface area (Å²) in [6, 6.07) is 4.02. The van der Waals surface area contributed by atoms with E-state index in [0.717, 1.165) is 11.1 Å². The smallest absolute Gasteiger partial charge is 0.345 e. The summed E-state index contributed by atoms with van der Waals surface area (Å²) in [5, 5.41) is 3.10. The summed E-state index contributed by atoms with van der Waals surface area (Å²) >= 11 is 0. The second kappa shape index (κ2) is 8.03. The first kappa shape index (κ1) is 23.8. The Bertz CT molecular complexity index is 1450. The highest BCUT2D eigenvalue weighted by Gasteiger charge is 2.54. The molecule has 2 aromatic heterocycles. The normalized spacial score (nSPS) is 18.7. The van der Waals surface area contributed by atoms with Gasteiger partial charge in [-0.25, -0.2) is 13.8 Å². The minimum absolute atomic E-state index is 0.0809. The third-order valence-electron chi connectivity index (χ3n) is 5.90. The number of aromatic amines is 1. The van der Waals surface area contributed by atoms with Crippen molar-refractivity contribution in [2.75, 3.05) is 4.90 Å². The second-order valence-corrected chi connectivity index (χ2v) is 8.18. The van der Waals surface area contributed by atoms with Crippen molar-refractivity contribution < 1.29 is 39.9 Å². The standard InChI is InChI=1S/C22H13F8N5O/c23-14-3-10(11-7-33-34(8-11)22(28,29)30)4-15(24)18(14)19-13(6-21(25,26)27)20(36)35(19)12-1-2-16-17(5-12)32-9-31-16/h1-5,7-9,13,19H,6H2,(H,31,32). The van der Waals surface area contributed by atoms with Gasteiger partial charge in [0.15, 0.2) is 0 Å². The van der Waals surface area contributed by atoms with Crippen molar-refractivity contribution in [1.29, 1.82) is 0 Å². The molecule has 3 heterocycles. The molecule has 1 aliphatic rings. The first-order valence-electron chi connectivity index (χ1n) is 10.3. The van der Waals surface area contributed by atoms with Gasteiger partial charge in [0.1, 0.15) is 11.6 Å². The molecule has 0 spiro atoms. The van der Waals surface area contributed by atoms with E-state index in [2.05, 4.69) is 15.1 Å². The van der Waals surface area contributed by atoms with Crippen LogP contribution in [0.5, 0.6) is 0 Å². The van der Waals surface area contributed by atoms with Gasteiger partial charge >= 0.3 is 12.5 Å². The number of amides is 1. The third-order valence-corrected chi connectivity index (χ3v) is 5.90. The minimum atomic E-state index is -4.86. The van der Waals surface area contributed by atoms with Crippen LogP contribution in [0.15, 0.2) is 49.1 Å². The zero-order valence-corrected chi connectivity index (χ0v) is 17.7. The van der Waals surface area contributed by atoms with Crippen molar-refractivity contribution in [2.45, 2.75) is 24.9 Å². The Morgan fingerprint density at radius 2 is 1.67 bits per heavy atom. The molecular weight excluding hydrogens is 502 g/mol. The maximum absolute atomic E-state index is 15.2. The molecule has 1 fully saturated rings. The van der Waals surface area contributed by atoms with Crippen LogP contribution < -0.4 is 4.90 Å². The van der Waals surface area contributed by atoms with Gasteiger partial charge in [-0.15, -0.1) is 13.2 Å². The van der Waals surface area contributed by atoms with Crippen LogP contribution in [0.1, 0.15) is 18.0 Å². The number of alkyl halides is 6. The van der Waals surface area contributed by atoms with E-state index in [1.54, 1.807) is 0 Å². The molecule has 0 radical (unpaired) electrons. The molecule has 1 aliphatic heterocycles. The monoisotopic (exact) mass is 515 g/mol. The predicted octanol–water partition coefficient (Wildman–Crippen LogP) is 5.84. The van der Waals surface area contributed by atoms with E-state index < -0.39 is 54.0 Å². The summed E-state index contributed by atoms with van der Waals surface area (Å²) in [5.41, 5.74) is -0.372. The third kappa shape index (κ3) is 4.05. The van der Waals surface area contributed by atoms with E-state index in [4.69, 9.17) is 0 Å². The molecule has 4 aromatic rings. The van der Waals surface area contributed by atoms with Crippen molar-refractivity contribution in [2.24, 2.45) is 5.92 Å². The number of β-lactam (4-membered cyclic amide) rings is 1. The van der Waals surface area contributed by atoms with Gasteiger partial charge in [-0.1, -0.05) is 0 Å². The van der Waals surface area contributed by atoms with Crippen LogP contribution in [-0.4, -0.2) is 31.8 Å². The van der Waals surface area contributed by atoms with Crippen molar-refractivity contribution in [1.82, 2.24) is 19.7 Å².